The topological polar surface area (TPSA) is 72.9 Å². The van der Waals surface area contributed by atoms with Crippen LogP contribution in [0.5, 0.6) is 0 Å². The molecule has 1 unspecified atom stereocenters. The molecule has 0 radical (unpaired) electrons. The third kappa shape index (κ3) is 4.02. The Hall–Kier alpha value is -1.36. The van der Waals surface area contributed by atoms with Gasteiger partial charge in [0.15, 0.2) is 0 Å². The van der Waals surface area contributed by atoms with E-state index in [1.807, 2.05) is 20.2 Å². The number of nitrogens with zero attached hydrogens (tertiary/aromatic N) is 2. The standard InChI is InChI=1S/C11H20N4O/c1-3-9(5-12)4-11(16)13-6-10-7-14-15(2)8-10/h7-9H,3-6,12H2,1-2H3,(H,13,16). The van der Waals surface area contributed by atoms with Gasteiger partial charge in [0.25, 0.3) is 0 Å². The molecular formula is C11H20N4O. The maximum Gasteiger partial charge on any atom is 0.220 e. The molecule has 3 N–H and O–H groups in total. The van der Waals surface area contributed by atoms with E-state index in [9.17, 15) is 4.79 Å². The van der Waals surface area contributed by atoms with Gasteiger partial charge >= 0.3 is 0 Å². The number of aryl methyl sites for hydroxylation is 1. The molecule has 5 heteroatoms. The number of rotatable bonds is 6. The zero-order chi connectivity index (χ0) is 12.0. The van der Waals surface area contributed by atoms with E-state index in [2.05, 4.69) is 10.4 Å². The lowest BCUT2D eigenvalue weighted by Crippen LogP contribution is -2.27. The predicted molar refractivity (Wildman–Crippen MR) is 62.5 cm³/mol. The molecule has 0 aliphatic rings. The fourth-order valence-corrected chi connectivity index (χ4v) is 1.49. The van der Waals surface area contributed by atoms with Crippen molar-refractivity contribution in [2.45, 2.75) is 26.3 Å². The van der Waals surface area contributed by atoms with Crippen molar-refractivity contribution in [3.05, 3.63) is 18.0 Å². The molecule has 0 aliphatic carbocycles. The van der Waals surface area contributed by atoms with Crippen LogP contribution in [0.3, 0.4) is 0 Å². The Balaban J connectivity index is 2.30. The first kappa shape index (κ1) is 12.7. The Kier molecular flexibility index (Phi) is 4.98. The molecule has 0 aliphatic heterocycles. The van der Waals surface area contributed by atoms with E-state index in [0.717, 1.165) is 12.0 Å². The molecule has 1 aromatic rings. The normalized spacial score (nSPS) is 12.4. The number of carbonyl (C=O) groups excluding carboxylic acids is 1. The van der Waals surface area contributed by atoms with Crippen LogP contribution in [0.25, 0.3) is 0 Å². The number of amides is 1. The highest BCUT2D eigenvalue weighted by atomic mass is 16.1. The lowest BCUT2D eigenvalue weighted by atomic mass is 10.0. The van der Waals surface area contributed by atoms with E-state index in [0.29, 0.717) is 19.5 Å². The number of aromatic nitrogens is 2. The minimum absolute atomic E-state index is 0.0566. The van der Waals surface area contributed by atoms with E-state index in [4.69, 9.17) is 5.73 Å². The molecule has 0 bridgehead atoms. The Morgan fingerprint density at radius 3 is 2.94 bits per heavy atom. The van der Waals surface area contributed by atoms with E-state index in [1.165, 1.54) is 0 Å². The molecule has 16 heavy (non-hydrogen) atoms. The van der Waals surface area contributed by atoms with Crippen LogP contribution in [-0.2, 0) is 18.4 Å². The van der Waals surface area contributed by atoms with Gasteiger partial charge in [0.1, 0.15) is 0 Å². The summed E-state index contributed by atoms with van der Waals surface area (Å²) >= 11 is 0. The SMILES string of the molecule is CCC(CN)CC(=O)NCc1cnn(C)c1. The zero-order valence-corrected chi connectivity index (χ0v) is 9.94. The van der Waals surface area contributed by atoms with Crippen molar-refractivity contribution in [2.24, 2.45) is 18.7 Å². The average molecular weight is 224 g/mol. The highest BCUT2D eigenvalue weighted by Crippen LogP contribution is 2.05. The van der Waals surface area contributed by atoms with Gasteiger partial charge in [-0.1, -0.05) is 13.3 Å². The maximum atomic E-state index is 11.6. The van der Waals surface area contributed by atoms with Crippen molar-refractivity contribution >= 4 is 5.91 Å². The van der Waals surface area contributed by atoms with Crippen LogP contribution >= 0.6 is 0 Å². The predicted octanol–water partition coefficient (Wildman–Crippen LogP) is 0.411. The van der Waals surface area contributed by atoms with Crippen LogP contribution < -0.4 is 11.1 Å². The third-order valence-electron chi connectivity index (χ3n) is 2.63. The average Bonchev–Trinajstić information content (AvgIpc) is 2.69. The van der Waals surface area contributed by atoms with E-state index in [-0.39, 0.29) is 11.8 Å². The van der Waals surface area contributed by atoms with Crippen molar-refractivity contribution in [1.29, 1.82) is 0 Å². The summed E-state index contributed by atoms with van der Waals surface area (Å²) in [6.07, 6.45) is 5.09. The summed E-state index contributed by atoms with van der Waals surface area (Å²) in [6, 6.07) is 0. The Morgan fingerprint density at radius 2 is 2.44 bits per heavy atom. The van der Waals surface area contributed by atoms with Crippen molar-refractivity contribution in [3.63, 3.8) is 0 Å². The van der Waals surface area contributed by atoms with Crippen molar-refractivity contribution in [2.75, 3.05) is 6.54 Å². The van der Waals surface area contributed by atoms with E-state index < -0.39 is 0 Å². The van der Waals surface area contributed by atoms with Gasteiger partial charge in [-0.3, -0.25) is 9.48 Å². The molecule has 1 amide bonds. The first-order valence-corrected chi connectivity index (χ1v) is 5.60. The van der Waals surface area contributed by atoms with Gasteiger partial charge in [0, 0.05) is 31.8 Å². The monoisotopic (exact) mass is 224 g/mol. The molecule has 0 aromatic carbocycles. The lowest BCUT2D eigenvalue weighted by Gasteiger charge is -2.11. The quantitative estimate of drug-likeness (QED) is 0.735. The lowest BCUT2D eigenvalue weighted by molar-refractivity contribution is -0.122. The number of hydrogen-bond acceptors (Lipinski definition) is 3. The van der Waals surface area contributed by atoms with Crippen molar-refractivity contribution in [1.82, 2.24) is 15.1 Å². The first-order chi connectivity index (χ1) is 7.65. The number of nitrogens with two attached hydrogens (primary N) is 1. The zero-order valence-electron chi connectivity index (χ0n) is 9.94. The minimum atomic E-state index is 0.0566. The Labute approximate surface area is 96.0 Å². The molecule has 1 aromatic heterocycles. The Morgan fingerprint density at radius 1 is 1.69 bits per heavy atom. The fourth-order valence-electron chi connectivity index (χ4n) is 1.49. The highest BCUT2D eigenvalue weighted by molar-refractivity contribution is 5.76. The van der Waals surface area contributed by atoms with Gasteiger partial charge in [-0.2, -0.15) is 5.10 Å². The number of carbonyl (C=O) groups is 1. The first-order valence-electron chi connectivity index (χ1n) is 5.60. The van der Waals surface area contributed by atoms with Crippen LogP contribution in [-0.4, -0.2) is 22.2 Å². The molecule has 0 saturated carbocycles. The largest absolute Gasteiger partial charge is 0.352 e. The molecule has 0 saturated heterocycles. The second-order valence-electron chi connectivity index (χ2n) is 4.01. The van der Waals surface area contributed by atoms with Gasteiger partial charge in [-0.05, 0) is 12.5 Å². The second kappa shape index (κ2) is 6.27. The molecule has 0 spiro atoms. The highest BCUT2D eigenvalue weighted by Gasteiger charge is 2.10. The molecule has 0 fully saturated rings. The van der Waals surface area contributed by atoms with Gasteiger partial charge in [0.05, 0.1) is 6.20 Å². The van der Waals surface area contributed by atoms with Crippen LogP contribution in [0.2, 0.25) is 0 Å². The summed E-state index contributed by atoms with van der Waals surface area (Å²) in [6.45, 7) is 3.15. The van der Waals surface area contributed by atoms with E-state index in [1.54, 1.807) is 10.9 Å². The van der Waals surface area contributed by atoms with Gasteiger partial charge in [0.2, 0.25) is 5.91 Å². The van der Waals surface area contributed by atoms with Crippen molar-refractivity contribution < 1.29 is 4.79 Å². The second-order valence-corrected chi connectivity index (χ2v) is 4.01. The summed E-state index contributed by atoms with van der Waals surface area (Å²) in [5.41, 5.74) is 6.56. The number of nitrogens with one attached hydrogen (secondary N) is 1. The smallest absolute Gasteiger partial charge is 0.220 e. The molecule has 1 heterocycles. The summed E-state index contributed by atoms with van der Waals surface area (Å²) in [4.78, 5) is 11.6. The summed E-state index contributed by atoms with van der Waals surface area (Å²) in [5, 5.41) is 6.90. The summed E-state index contributed by atoms with van der Waals surface area (Å²) in [7, 11) is 1.85. The fraction of sp³-hybridized carbons (Fsp3) is 0.636. The Bertz CT molecular complexity index is 330. The molecule has 1 atom stereocenters. The molecule has 1 rings (SSSR count). The summed E-state index contributed by atoms with van der Waals surface area (Å²) in [5.74, 6) is 0.343. The van der Waals surface area contributed by atoms with Crippen LogP contribution in [0.4, 0.5) is 0 Å². The molecule has 5 nitrogen and oxygen atoms in total. The third-order valence-corrected chi connectivity index (χ3v) is 2.63. The van der Waals surface area contributed by atoms with Crippen molar-refractivity contribution in [3.8, 4) is 0 Å². The van der Waals surface area contributed by atoms with Crippen LogP contribution in [0, 0.1) is 5.92 Å². The minimum Gasteiger partial charge on any atom is -0.352 e. The molecule has 90 valence electrons. The van der Waals surface area contributed by atoms with Crippen LogP contribution in [0.1, 0.15) is 25.3 Å². The number of hydrogen-bond donors (Lipinski definition) is 2. The van der Waals surface area contributed by atoms with Gasteiger partial charge < -0.3 is 11.1 Å². The maximum absolute atomic E-state index is 11.6. The van der Waals surface area contributed by atoms with Gasteiger partial charge in [-0.25, -0.2) is 0 Å². The van der Waals surface area contributed by atoms with E-state index >= 15 is 0 Å². The van der Waals surface area contributed by atoms with Gasteiger partial charge in [-0.15, -0.1) is 0 Å². The summed E-state index contributed by atoms with van der Waals surface area (Å²) < 4.78 is 1.72. The molecular weight excluding hydrogens is 204 g/mol. The van der Waals surface area contributed by atoms with Crippen LogP contribution in [0.15, 0.2) is 12.4 Å².